The van der Waals surface area contributed by atoms with Gasteiger partial charge in [-0.3, -0.25) is 9.78 Å². The van der Waals surface area contributed by atoms with Crippen molar-refractivity contribution >= 4 is 34.0 Å². The van der Waals surface area contributed by atoms with Gasteiger partial charge in [0, 0.05) is 53.7 Å². The molecule has 7 heteroatoms. The van der Waals surface area contributed by atoms with Gasteiger partial charge in [0.1, 0.15) is 11.9 Å². The van der Waals surface area contributed by atoms with Gasteiger partial charge in [0.15, 0.2) is 0 Å². The summed E-state index contributed by atoms with van der Waals surface area (Å²) in [5.74, 6) is 0.437. The van der Waals surface area contributed by atoms with Crippen LogP contribution < -0.4 is 5.32 Å². The molecule has 4 rings (SSSR count). The highest BCUT2D eigenvalue weighted by Gasteiger charge is 2.35. The summed E-state index contributed by atoms with van der Waals surface area (Å²) in [5.41, 5.74) is 0.704. The molecule has 0 aliphatic carbocycles. The van der Waals surface area contributed by atoms with E-state index in [2.05, 4.69) is 22.2 Å². The summed E-state index contributed by atoms with van der Waals surface area (Å²) < 4.78 is 7.99. The van der Waals surface area contributed by atoms with E-state index in [0.717, 1.165) is 36.0 Å². The SMILES string of the molecule is CCn1ccnc1[C@@H]1OCCC[C@H]1C(=O)Nc1ccc(Cl)c2ccncc12. The van der Waals surface area contributed by atoms with E-state index in [-0.39, 0.29) is 17.9 Å². The molecule has 1 aliphatic rings. The molecule has 2 aromatic heterocycles. The van der Waals surface area contributed by atoms with Crippen LogP contribution in [-0.4, -0.2) is 27.0 Å². The Morgan fingerprint density at radius 1 is 1.33 bits per heavy atom. The molecule has 1 aromatic carbocycles. The minimum absolute atomic E-state index is 0.0715. The monoisotopic (exact) mass is 384 g/mol. The molecule has 1 amide bonds. The number of hydrogen-bond acceptors (Lipinski definition) is 4. The van der Waals surface area contributed by atoms with E-state index in [9.17, 15) is 4.79 Å². The normalized spacial score (nSPS) is 19.9. The Labute approximate surface area is 162 Å². The van der Waals surface area contributed by atoms with Crippen LogP contribution in [0.5, 0.6) is 0 Å². The van der Waals surface area contributed by atoms with Crippen molar-refractivity contribution in [1.82, 2.24) is 14.5 Å². The highest BCUT2D eigenvalue weighted by atomic mass is 35.5. The lowest BCUT2D eigenvalue weighted by atomic mass is 9.92. The number of amides is 1. The Hall–Kier alpha value is -2.44. The minimum Gasteiger partial charge on any atom is -0.369 e. The number of nitrogens with zero attached hydrogens (tertiary/aromatic N) is 3. The number of benzene rings is 1. The van der Waals surface area contributed by atoms with Gasteiger partial charge in [0.05, 0.1) is 11.6 Å². The van der Waals surface area contributed by atoms with Gasteiger partial charge in [-0.1, -0.05) is 11.6 Å². The van der Waals surface area contributed by atoms with Gasteiger partial charge in [-0.15, -0.1) is 0 Å². The van der Waals surface area contributed by atoms with Crippen molar-refractivity contribution in [2.24, 2.45) is 5.92 Å². The maximum Gasteiger partial charge on any atom is 0.230 e. The molecule has 27 heavy (non-hydrogen) atoms. The third kappa shape index (κ3) is 3.42. The molecule has 0 saturated carbocycles. The fraction of sp³-hybridized carbons (Fsp3) is 0.350. The zero-order chi connectivity index (χ0) is 18.8. The van der Waals surface area contributed by atoms with Crippen LogP contribution in [-0.2, 0) is 16.1 Å². The lowest BCUT2D eigenvalue weighted by Gasteiger charge is -2.30. The second kappa shape index (κ2) is 7.66. The molecule has 1 fully saturated rings. The van der Waals surface area contributed by atoms with E-state index in [1.54, 1.807) is 24.7 Å². The Morgan fingerprint density at radius 2 is 2.22 bits per heavy atom. The molecule has 3 aromatic rings. The van der Waals surface area contributed by atoms with Crippen LogP contribution in [0.1, 0.15) is 31.7 Å². The average molecular weight is 385 g/mol. The van der Waals surface area contributed by atoms with Gasteiger partial charge in [-0.2, -0.15) is 0 Å². The molecule has 0 spiro atoms. The number of fused-ring (bicyclic) bond motifs is 1. The van der Waals surface area contributed by atoms with E-state index < -0.39 is 0 Å². The summed E-state index contributed by atoms with van der Waals surface area (Å²) in [5, 5.41) is 5.37. The Bertz CT molecular complexity index is 972. The largest absolute Gasteiger partial charge is 0.369 e. The number of imidazole rings is 1. The summed E-state index contributed by atoms with van der Waals surface area (Å²) in [7, 11) is 0. The molecule has 3 heterocycles. The Morgan fingerprint density at radius 3 is 3.07 bits per heavy atom. The first-order chi connectivity index (χ1) is 13.2. The number of carbonyl (C=O) groups excluding carboxylic acids is 1. The molecule has 1 aliphatic heterocycles. The van der Waals surface area contributed by atoms with Gasteiger partial charge in [-0.05, 0) is 38.0 Å². The summed E-state index contributed by atoms with van der Waals surface area (Å²) in [6.45, 7) is 3.48. The molecule has 140 valence electrons. The third-order valence-electron chi connectivity index (χ3n) is 5.02. The van der Waals surface area contributed by atoms with Crippen LogP contribution in [0.3, 0.4) is 0 Å². The number of ether oxygens (including phenoxy) is 1. The fourth-order valence-electron chi connectivity index (χ4n) is 3.64. The predicted molar refractivity (Wildman–Crippen MR) is 105 cm³/mol. The quantitative estimate of drug-likeness (QED) is 0.731. The smallest absolute Gasteiger partial charge is 0.230 e. The standard InChI is InChI=1S/C20H21ClN4O2/c1-2-25-10-9-23-19(25)18-14(4-3-11-27-18)20(26)24-17-6-5-16(21)13-7-8-22-12-15(13)17/h5-10,12,14,18H,2-4,11H2,1H3,(H,24,26)/t14-,18-/m1/s1. The fourth-order valence-corrected chi connectivity index (χ4v) is 3.86. The van der Waals surface area contributed by atoms with Crippen molar-refractivity contribution in [2.75, 3.05) is 11.9 Å². The van der Waals surface area contributed by atoms with Gasteiger partial charge >= 0.3 is 0 Å². The molecule has 0 radical (unpaired) electrons. The number of rotatable bonds is 4. The van der Waals surface area contributed by atoms with Gasteiger partial charge in [-0.25, -0.2) is 4.98 Å². The second-order valence-electron chi connectivity index (χ2n) is 6.62. The average Bonchev–Trinajstić information content (AvgIpc) is 3.19. The van der Waals surface area contributed by atoms with Crippen LogP contribution >= 0.6 is 11.6 Å². The maximum absolute atomic E-state index is 13.1. The molecular weight excluding hydrogens is 364 g/mol. The van der Waals surface area contributed by atoms with Gasteiger partial charge in [0.25, 0.3) is 0 Å². The molecule has 6 nitrogen and oxygen atoms in total. The van der Waals surface area contributed by atoms with Gasteiger partial charge in [0.2, 0.25) is 5.91 Å². The molecule has 1 N–H and O–H groups in total. The topological polar surface area (TPSA) is 69.0 Å². The number of anilines is 1. The van der Waals surface area contributed by atoms with Crippen molar-refractivity contribution in [3.63, 3.8) is 0 Å². The first-order valence-electron chi connectivity index (χ1n) is 9.14. The lowest BCUT2D eigenvalue weighted by Crippen LogP contribution is -2.34. The number of halogens is 1. The first kappa shape index (κ1) is 17.9. The molecule has 1 saturated heterocycles. The van der Waals surface area contributed by atoms with E-state index in [1.165, 1.54) is 0 Å². The van der Waals surface area contributed by atoms with Crippen molar-refractivity contribution in [1.29, 1.82) is 0 Å². The van der Waals surface area contributed by atoms with Crippen molar-refractivity contribution in [3.8, 4) is 0 Å². The molecule has 2 atom stereocenters. The number of hydrogen-bond donors (Lipinski definition) is 1. The van der Waals surface area contributed by atoms with E-state index in [0.29, 0.717) is 17.3 Å². The first-order valence-corrected chi connectivity index (χ1v) is 9.52. The third-order valence-corrected chi connectivity index (χ3v) is 5.35. The van der Waals surface area contributed by atoms with Crippen LogP contribution in [0.25, 0.3) is 10.8 Å². The Kier molecular flexibility index (Phi) is 5.09. The molecule has 0 bridgehead atoms. The summed E-state index contributed by atoms with van der Waals surface area (Å²) in [4.78, 5) is 21.7. The molecule has 0 unspecified atom stereocenters. The van der Waals surface area contributed by atoms with Crippen LogP contribution in [0.4, 0.5) is 5.69 Å². The van der Waals surface area contributed by atoms with Crippen LogP contribution in [0, 0.1) is 5.92 Å². The van der Waals surface area contributed by atoms with Crippen molar-refractivity contribution in [3.05, 3.63) is 53.8 Å². The summed E-state index contributed by atoms with van der Waals surface area (Å²) >= 11 is 6.27. The number of pyridine rings is 1. The highest BCUT2D eigenvalue weighted by Crippen LogP contribution is 2.35. The zero-order valence-corrected chi connectivity index (χ0v) is 15.8. The minimum atomic E-state index is -0.342. The number of aromatic nitrogens is 3. The van der Waals surface area contributed by atoms with E-state index in [1.807, 2.05) is 22.9 Å². The number of aryl methyl sites for hydroxylation is 1. The second-order valence-corrected chi connectivity index (χ2v) is 7.02. The molecular formula is C20H21ClN4O2. The van der Waals surface area contributed by atoms with E-state index >= 15 is 0 Å². The van der Waals surface area contributed by atoms with Crippen LogP contribution in [0.15, 0.2) is 43.0 Å². The maximum atomic E-state index is 13.1. The predicted octanol–water partition coefficient (Wildman–Crippen LogP) is 4.21. The summed E-state index contributed by atoms with van der Waals surface area (Å²) in [6, 6.07) is 5.45. The number of carbonyl (C=O) groups is 1. The van der Waals surface area contributed by atoms with E-state index in [4.69, 9.17) is 16.3 Å². The van der Waals surface area contributed by atoms with Crippen LogP contribution in [0.2, 0.25) is 5.02 Å². The zero-order valence-electron chi connectivity index (χ0n) is 15.1. The van der Waals surface area contributed by atoms with Crippen molar-refractivity contribution in [2.45, 2.75) is 32.4 Å². The van der Waals surface area contributed by atoms with Gasteiger partial charge < -0.3 is 14.6 Å². The summed E-state index contributed by atoms with van der Waals surface area (Å²) in [6.07, 6.45) is 8.35. The lowest BCUT2D eigenvalue weighted by molar-refractivity contribution is -0.130. The highest BCUT2D eigenvalue weighted by molar-refractivity contribution is 6.36. The van der Waals surface area contributed by atoms with Crippen molar-refractivity contribution < 1.29 is 9.53 Å². The Balaban J connectivity index is 1.63. The number of nitrogens with one attached hydrogen (secondary N) is 1.